The number of carbonyl (C=O) groups excluding carboxylic acids is 1. The minimum Gasteiger partial charge on any atom is -0.464 e. The summed E-state index contributed by atoms with van der Waals surface area (Å²) in [4.78, 5) is 16.4. The van der Waals surface area contributed by atoms with Crippen LogP contribution in [-0.2, 0) is 11.2 Å². The van der Waals surface area contributed by atoms with Crippen LogP contribution in [0.5, 0.6) is 0 Å². The Morgan fingerprint density at radius 3 is 3.14 bits per heavy atom. The summed E-state index contributed by atoms with van der Waals surface area (Å²) in [5, 5.41) is 4.00. The predicted molar refractivity (Wildman–Crippen MR) is 80.9 cm³/mol. The Labute approximate surface area is 128 Å². The maximum atomic E-state index is 11.9. The molecule has 3 rings (SSSR count). The quantitative estimate of drug-likeness (QED) is 0.885. The molecule has 1 N–H and O–H groups in total. The van der Waals surface area contributed by atoms with Crippen molar-refractivity contribution in [2.75, 3.05) is 13.7 Å². The van der Waals surface area contributed by atoms with Crippen LogP contribution in [0.3, 0.4) is 0 Å². The number of hydrogen-bond donors (Lipinski definition) is 1. The van der Waals surface area contributed by atoms with Crippen molar-refractivity contribution in [3.63, 3.8) is 0 Å². The Hall–Kier alpha value is -1.59. The zero-order valence-electron chi connectivity index (χ0n) is 11.9. The van der Waals surface area contributed by atoms with Gasteiger partial charge in [-0.2, -0.15) is 0 Å². The monoisotopic (exact) mass is 307 g/mol. The molecule has 2 aromatic heterocycles. The molecule has 1 fully saturated rings. The fourth-order valence-corrected chi connectivity index (χ4v) is 3.12. The topological polar surface area (TPSA) is 55.6 Å². The molecule has 6 heteroatoms. The van der Waals surface area contributed by atoms with E-state index < -0.39 is 5.97 Å². The molecule has 3 heterocycles. The van der Waals surface area contributed by atoms with E-state index in [9.17, 15) is 4.79 Å². The van der Waals surface area contributed by atoms with Crippen LogP contribution in [0.1, 0.15) is 35.6 Å². The summed E-state index contributed by atoms with van der Waals surface area (Å²) < 4.78 is 6.71. The van der Waals surface area contributed by atoms with Gasteiger partial charge in [0.25, 0.3) is 0 Å². The van der Waals surface area contributed by atoms with Crippen LogP contribution in [-0.4, -0.2) is 35.1 Å². The molecule has 1 atom stereocenters. The number of halogens is 1. The molecule has 0 saturated carbocycles. The molecular formula is C15H18ClN3O2. The van der Waals surface area contributed by atoms with E-state index in [1.165, 1.54) is 20.0 Å². The number of methoxy groups -OCH3 is 1. The average molecular weight is 308 g/mol. The van der Waals surface area contributed by atoms with E-state index in [1.807, 2.05) is 16.7 Å². The third-order valence-corrected chi connectivity index (χ3v) is 4.21. The number of rotatable bonds is 3. The van der Waals surface area contributed by atoms with Gasteiger partial charge in [0.15, 0.2) is 5.69 Å². The van der Waals surface area contributed by atoms with E-state index in [-0.39, 0.29) is 5.69 Å². The van der Waals surface area contributed by atoms with Crippen LogP contribution in [0.25, 0.3) is 5.52 Å². The third-order valence-electron chi connectivity index (χ3n) is 3.91. The number of aromatic nitrogens is 2. The van der Waals surface area contributed by atoms with Crippen LogP contribution in [0.15, 0.2) is 18.3 Å². The molecule has 1 aliphatic heterocycles. The highest BCUT2D eigenvalue weighted by atomic mass is 35.5. The maximum absolute atomic E-state index is 11.9. The zero-order valence-corrected chi connectivity index (χ0v) is 12.7. The summed E-state index contributed by atoms with van der Waals surface area (Å²) in [5.74, 6) is 0.385. The molecule has 1 unspecified atom stereocenters. The SMILES string of the molecule is COC(=O)c1nc(CC2CCCCN2)n2cccc(Cl)c12. The Morgan fingerprint density at radius 2 is 2.43 bits per heavy atom. The number of esters is 1. The lowest BCUT2D eigenvalue weighted by Gasteiger charge is -2.22. The summed E-state index contributed by atoms with van der Waals surface area (Å²) in [7, 11) is 1.35. The first kappa shape index (κ1) is 14.4. The van der Waals surface area contributed by atoms with Crippen molar-refractivity contribution in [2.24, 2.45) is 0 Å². The fraction of sp³-hybridized carbons (Fsp3) is 0.467. The average Bonchev–Trinajstić information content (AvgIpc) is 2.88. The molecule has 112 valence electrons. The van der Waals surface area contributed by atoms with Gasteiger partial charge in [-0.1, -0.05) is 18.0 Å². The molecule has 0 spiro atoms. The second kappa shape index (κ2) is 6.03. The molecule has 1 saturated heterocycles. The van der Waals surface area contributed by atoms with Gasteiger partial charge in [-0.3, -0.25) is 0 Å². The summed E-state index contributed by atoms with van der Waals surface area (Å²) in [6.07, 6.45) is 6.24. The Bertz CT molecular complexity index is 662. The van der Waals surface area contributed by atoms with Crippen LogP contribution in [0, 0.1) is 0 Å². The summed E-state index contributed by atoms with van der Waals surface area (Å²) >= 11 is 6.24. The first-order chi connectivity index (χ1) is 10.2. The molecule has 2 aromatic rings. The van der Waals surface area contributed by atoms with Crippen molar-refractivity contribution >= 4 is 23.1 Å². The van der Waals surface area contributed by atoms with Crippen LogP contribution in [0.4, 0.5) is 0 Å². The third kappa shape index (κ3) is 2.76. The molecule has 0 amide bonds. The van der Waals surface area contributed by atoms with Gasteiger partial charge < -0.3 is 14.5 Å². The number of nitrogens with zero attached hydrogens (tertiary/aromatic N) is 2. The molecule has 0 radical (unpaired) electrons. The van der Waals surface area contributed by atoms with Gasteiger partial charge in [-0.05, 0) is 31.5 Å². The molecule has 1 aliphatic rings. The Morgan fingerprint density at radius 1 is 1.57 bits per heavy atom. The highest BCUT2D eigenvalue weighted by Gasteiger charge is 2.22. The first-order valence-electron chi connectivity index (χ1n) is 7.18. The number of nitrogens with one attached hydrogen (secondary N) is 1. The Balaban J connectivity index is 2.02. The van der Waals surface area contributed by atoms with Crippen LogP contribution < -0.4 is 5.32 Å². The van der Waals surface area contributed by atoms with Crippen molar-refractivity contribution in [1.29, 1.82) is 0 Å². The second-order valence-electron chi connectivity index (χ2n) is 5.29. The number of hydrogen-bond acceptors (Lipinski definition) is 4. The van der Waals surface area contributed by atoms with E-state index in [2.05, 4.69) is 10.3 Å². The molecule has 0 bridgehead atoms. The largest absolute Gasteiger partial charge is 0.464 e. The molecule has 0 aromatic carbocycles. The standard InChI is InChI=1S/C15H18ClN3O2/c1-21-15(20)13-14-11(16)6-4-8-19(14)12(18-13)9-10-5-2-3-7-17-10/h4,6,8,10,17H,2-3,5,7,9H2,1H3. The lowest BCUT2D eigenvalue weighted by atomic mass is 10.0. The molecule has 0 aliphatic carbocycles. The van der Waals surface area contributed by atoms with Gasteiger partial charge in [0, 0.05) is 18.7 Å². The highest BCUT2D eigenvalue weighted by Crippen LogP contribution is 2.24. The first-order valence-corrected chi connectivity index (χ1v) is 7.55. The summed E-state index contributed by atoms with van der Waals surface area (Å²) in [6, 6.07) is 4.01. The van der Waals surface area contributed by atoms with E-state index in [0.717, 1.165) is 25.2 Å². The summed E-state index contributed by atoms with van der Waals surface area (Å²) in [5.41, 5.74) is 0.908. The second-order valence-corrected chi connectivity index (χ2v) is 5.70. The van der Waals surface area contributed by atoms with Gasteiger partial charge in [0.05, 0.1) is 17.6 Å². The zero-order chi connectivity index (χ0) is 14.8. The lowest BCUT2D eigenvalue weighted by molar-refractivity contribution is 0.0596. The van der Waals surface area contributed by atoms with Crippen molar-refractivity contribution in [3.8, 4) is 0 Å². The van der Waals surface area contributed by atoms with Crippen molar-refractivity contribution in [2.45, 2.75) is 31.7 Å². The van der Waals surface area contributed by atoms with E-state index in [1.54, 1.807) is 6.07 Å². The smallest absolute Gasteiger partial charge is 0.358 e. The molecule has 21 heavy (non-hydrogen) atoms. The van der Waals surface area contributed by atoms with E-state index >= 15 is 0 Å². The fourth-order valence-electron chi connectivity index (χ4n) is 2.86. The van der Waals surface area contributed by atoms with Crippen molar-refractivity contribution < 1.29 is 9.53 Å². The molecular weight excluding hydrogens is 290 g/mol. The number of carbonyl (C=O) groups is 1. The number of pyridine rings is 1. The number of imidazole rings is 1. The van der Waals surface area contributed by atoms with Crippen LogP contribution >= 0.6 is 11.6 Å². The minimum absolute atomic E-state index is 0.286. The number of piperidine rings is 1. The van der Waals surface area contributed by atoms with Crippen molar-refractivity contribution in [3.05, 3.63) is 34.9 Å². The van der Waals surface area contributed by atoms with Crippen molar-refractivity contribution in [1.82, 2.24) is 14.7 Å². The highest BCUT2D eigenvalue weighted by molar-refractivity contribution is 6.34. The number of ether oxygens (including phenoxy) is 1. The number of fused-ring (bicyclic) bond motifs is 1. The minimum atomic E-state index is -0.455. The predicted octanol–water partition coefficient (Wildman–Crippen LogP) is 2.46. The van der Waals surface area contributed by atoms with Gasteiger partial charge in [-0.25, -0.2) is 9.78 Å². The Kier molecular flexibility index (Phi) is 4.12. The van der Waals surface area contributed by atoms with Gasteiger partial charge in [0.2, 0.25) is 0 Å². The van der Waals surface area contributed by atoms with E-state index in [4.69, 9.17) is 16.3 Å². The maximum Gasteiger partial charge on any atom is 0.358 e. The van der Waals surface area contributed by atoms with Gasteiger partial charge in [0.1, 0.15) is 5.82 Å². The lowest BCUT2D eigenvalue weighted by Crippen LogP contribution is -2.36. The molecule has 5 nitrogen and oxygen atoms in total. The normalized spacial score (nSPS) is 18.9. The van der Waals surface area contributed by atoms with Crippen LogP contribution in [0.2, 0.25) is 5.02 Å². The summed E-state index contributed by atoms with van der Waals surface area (Å²) in [6.45, 7) is 1.04. The van der Waals surface area contributed by atoms with E-state index in [0.29, 0.717) is 16.6 Å². The van der Waals surface area contributed by atoms with Gasteiger partial charge in [-0.15, -0.1) is 0 Å². The van der Waals surface area contributed by atoms with Gasteiger partial charge >= 0.3 is 5.97 Å².